The molecule has 3 aromatic heterocycles. The lowest BCUT2D eigenvalue weighted by Gasteiger charge is -2.30. The Balaban J connectivity index is 1.50. The second-order valence-electron chi connectivity index (χ2n) is 10.4. The molecule has 1 aliphatic rings. The standard InChI is InChI=1S/C27H28F4N6O4S/c1-12(16-5-4-15(9-17(16)28)41-27(29,30)31)33-25-34-13(2)21(24-35-18-10-32-7-6-19(18)42-24)23(37-25)36-20-8-14(11-38)22(39)26(20,3)40/h4-7,9-10,12,14,20,22,38-40H,8,11H2,1-3H3,(H2,33,34,36,37)/t12-,14-,20-,22-,26+/m1/s1. The first kappa shape index (κ1) is 29.8. The number of benzene rings is 1. The molecule has 42 heavy (non-hydrogen) atoms. The van der Waals surface area contributed by atoms with Gasteiger partial charge in [0.25, 0.3) is 0 Å². The number of pyridine rings is 1. The summed E-state index contributed by atoms with van der Waals surface area (Å²) in [4.78, 5) is 17.9. The average Bonchev–Trinajstić information content (AvgIpc) is 3.41. The third kappa shape index (κ3) is 5.95. The van der Waals surface area contributed by atoms with Crippen molar-refractivity contribution in [3.63, 3.8) is 0 Å². The molecule has 1 aromatic carbocycles. The summed E-state index contributed by atoms with van der Waals surface area (Å²) in [5, 5.41) is 38.2. The van der Waals surface area contributed by atoms with E-state index in [9.17, 15) is 32.9 Å². The van der Waals surface area contributed by atoms with Crippen LogP contribution in [0.3, 0.4) is 0 Å². The van der Waals surface area contributed by atoms with Gasteiger partial charge in [-0.3, -0.25) is 4.98 Å². The van der Waals surface area contributed by atoms with Crippen molar-refractivity contribution in [3.8, 4) is 16.3 Å². The number of aryl methyl sites for hydroxylation is 1. The number of anilines is 2. The molecule has 15 heteroatoms. The van der Waals surface area contributed by atoms with Crippen molar-refractivity contribution in [1.82, 2.24) is 19.9 Å². The summed E-state index contributed by atoms with van der Waals surface area (Å²) < 4.78 is 57.0. The largest absolute Gasteiger partial charge is 0.573 e. The number of alkyl halides is 3. The maximum Gasteiger partial charge on any atom is 0.573 e. The first-order valence-electron chi connectivity index (χ1n) is 13.0. The van der Waals surface area contributed by atoms with Gasteiger partial charge in [-0.1, -0.05) is 6.07 Å². The fourth-order valence-electron chi connectivity index (χ4n) is 5.11. The fourth-order valence-corrected chi connectivity index (χ4v) is 6.14. The van der Waals surface area contributed by atoms with Gasteiger partial charge < -0.3 is 30.7 Å². The molecule has 4 aromatic rings. The Kier molecular flexibility index (Phi) is 7.96. The van der Waals surface area contributed by atoms with Crippen LogP contribution in [0, 0.1) is 18.7 Å². The van der Waals surface area contributed by atoms with E-state index >= 15 is 0 Å². The molecule has 0 spiro atoms. The highest BCUT2D eigenvalue weighted by Crippen LogP contribution is 2.41. The van der Waals surface area contributed by atoms with Gasteiger partial charge in [0.2, 0.25) is 5.95 Å². The Morgan fingerprint density at radius 3 is 2.62 bits per heavy atom. The average molecular weight is 609 g/mol. The number of hydrogen-bond acceptors (Lipinski definition) is 11. The maximum atomic E-state index is 14.8. The van der Waals surface area contributed by atoms with Gasteiger partial charge in [0.05, 0.1) is 40.3 Å². The number of aliphatic hydroxyl groups excluding tert-OH is 2. The minimum atomic E-state index is -4.95. The van der Waals surface area contributed by atoms with Gasteiger partial charge >= 0.3 is 6.36 Å². The Bertz CT molecular complexity index is 1570. The van der Waals surface area contributed by atoms with Crippen LogP contribution < -0.4 is 15.4 Å². The van der Waals surface area contributed by atoms with Crippen molar-refractivity contribution in [2.75, 3.05) is 17.2 Å². The van der Waals surface area contributed by atoms with Crippen LogP contribution in [0.4, 0.5) is 29.3 Å². The highest BCUT2D eigenvalue weighted by atomic mass is 32.1. The summed E-state index contributed by atoms with van der Waals surface area (Å²) in [6, 6.07) is 3.18. The van der Waals surface area contributed by atoms with E-state index in [0.29, 0.717) is 27.8 Å². The highest BCUT2D eigenvalue weighted by Gasteiger charge is 2.50. The molecule has 224 valence electrons. The first-order chi connectivity index (χ1) is 19.8. The first-order valence-corrected chi connectivity index (χ1v) is 13.8. The Hall–Kier alpha value is -3.66. The minimum Gasteiger partial charge on any atom is -0.406 e. The fraction of sp³-hybridized carbons (Fsp3) is 0.407. The van der Waals surface area contributed by atoms with Crippen LogP contribution in [0.1, 0.15) is 37.6 Å². The van der Waals surface area contributed by atoms with Crippen molar-refractivity contribution >= 4 is 33.3 Å². The summed E-state index contributed by atoms with van der Waals surface area (Å²) in [6.07, 6.45) is -2.63. The van der Waals surface area contributed by atoms with Crippen molar-refractivity contribution in [2.45, 2.75) is 57.3 Å². The van der Waals surface area contributed by atoms with Crippen LogP contribution in [-0.2, 0) is 0 Å². The number of thiazole rings is 1. The molecular formula is C27H28F4N6O4S. The third-order valence-corrected chi connectivity index (χ3v) is 8.40. The molecule has 0 aliphatic heterocycles. The van der Waals surface area contributed by atoms with Crippen LogP contribution in [0.5, 0.6) is 5.75 Å². The predicted octanol–water partition coefficient (Wildman–Crippen LogP) is 4.57. The Labute approximate surface area is 241 Å². The Morgan fingerprint density at radius 1 is 1.21 bits per heavy atom. The summed E-state index contributed by atoms with van der Waals surface area (Å²) >= 11 is 1.38. The number of fused-ring (bicyclic) bond motifs is 1. The topological polar surface area (TPSA) is 146 Å². The zero-order valence-electron chi connectivity index (χ0n) is 22.6. The van der Waals surface area contributed by atoms with E-state index in [4.69, 9.17) is 0 Å². The normalized spacial score (nSPS) is 23.2. The van der Waals surface area contributed by atoms with Gasteiger partial charge in [0.15, 0.2) is 0 Å². The molecule has 0 amide bonds. The number of hydrogen-bond donors (Lipinski definition) is 5. The molecule has 5 atom stereocenters. The molecule has 0 saturated heterocycles. The number of nitrogens with zero attached hydrogens (tertiary/aromatic N) is 4. The summed E-state index contributed by atoms with van der Waals surface area (Å²) in [5.41, 5.74) is 0.129. The SMILES string of the molecule is Cc1nc(N[C@H](C)c2ccc(OC(F)(F)F)cc2F)nc(N[C@@H]2C[C@H](CO)[C@@H](O)[C@@]2(C)O)c1-c1nc2cnccc2s1. The van der Waals surface area contributed by atoms with E-state index in [1.807, 2.05) is 6.07 Å². The lowest BCUT2D eigenvalue weighted by Crippen LogP contribution is -2.48. The molecule has 5 N–H and O–H groups in total. The number of nitrogens with one attached hydrogen (secondary N) is 2. The van der Waals surface area contributed by atoms with Gasteiger partial charge in [0, 0.05) is 30.4 Å². The number of aliphatic hydroxyl groups is 3. The molecule has 0 bridgehead atoms. The molecule has 1 fully saturated rings. The number of halogens is 4. The highest BCUT2D eigenvalue weighted by molar-refractivity contribution is 7.21. The van der Waals surface area contributed by atoms with Crippen LogP contribution in [0.15, 0.2) is 36.7 Å². The molecule has 0 radical (unpaired) electrons. The molecule has 0 unspecified atom stereocenters. The second-order valence-corrected chi connectivity index (χ2v) is 11.4. The van der Waals surface area contributed by atoms with E-state index in [0.717, 1.165) is 10.8 Å². The van der Waals surface area contributed by atoms with Crippen molar-refractivity contribution in [2.24, 2.45) is 5.92 Å². The smallest absolute Gasteiger partial charge is 0.406 e. The maximum absolute atomic E-state index is 14.8. The van der Waals surface area contributed by atoms with Crippen LogP contribution >= 0.6 is 11.3 Å². The molecule has 1 saturated carbocycles. The monoisotopic (exact) mass is 608 g/mol. The van der Waals surface area contributed by atoms with Gasteiger partial charge in [-0.2, -0.15) is 4.98 Å². The molecule has 10 nitrogen and oxygen atoms in total. The van der Waals surface area contributed by atoms with Crippen molar-refractivity contribution in [3.05, 3.63) is 53.7 Å². The van der Waals surface area contributed by atoms with Gasteiger partial charge in [-0.05, 0) is 39.3 Å². The predicted molar refractivity (Wildman–Crippen MR) is 148 cm³/mol. The zero-order chi connectivity index (χ0) is 30.4. The van der Waals surface area contributed by atoms with E-state index in [1.54, 1.807) is 26.2 Å². The number of aromatic nitrogens is 4. The van der Waals surface area contributed by atoms with Crippen LogP contribution in [0.25, 0.3) is 20.8 Å². The van der Waals surface area contributed by atoms with E-state index < -0.39 is 47.6 Å². The van der Waals surface area contributed by atoms with Crippen molar-refractivity contribution < 1.29 is 37.6 Å². The molecular weight excluding hydrogens is 580 g/mol. The Morgan fingerprint density at radius 2 is 1.98 bits per heavy atom. The van der Waals surface area contributed by atoms with Gasteiger partial charge in [0.1, 0.15) is 33.5 Å². The molecule has 1 aliphatic carbocycles. The van der Waals surface area contributed by atoms with E-state index in [-0.39, 0.29) is 30.4 Å². The van der Waals surface area contributed by atoms with E-state index in [2.05, 4.69) is 35.3 Å². The minimum absolute atomic E-state index is 0.0515. The summed E-state index contributed by atoms with van der Waals surface area (Å²) in [6.45, 7) is 4.47. The van der Waals surface area contributed by atoms with Crippen molar-refractivity contribution in [1.29, 1.82) is 0 Å². The lowest BCUT2D eigenvalue weighted by atomic mass is 9.96. The van der Waals surface area contributed by atoms with E-state index in [1.165, 1.54) is 24.3 Å². The number of rotatable bonds is 8. The third-order valence-electron chi connectivity index (χ3n) is 7.35. The summed E-state index contributed by atoms with van der Waals surface area (Å²) in [7, 11) is 0. The van der Waals surface area contributed by atoms with Gasteiger partial charge in [-0.15, -0.1) is 24.5 Å². The zero-order valence-corrected chi connectivity index (χ0v) is 23.5. The lowest BCUT2D eigenvalue weighted by molar-refractivity contribution is -0.274. The van der Waals surface area contributed by atoms with Crippen LogP contribution in [0.2, 0.25) is 0 Å². The van der Waals surface area contributed by atoms with Crippen LogP contribution in [-0.4, -0.2) is 66.0 Å². The molecule has 5 rings (SSSR count). The quantitative estimate of drug-likeness (QED) is 0.180. The number of ether oxygens (including phenoxy) is 1. The van der Waals surface area contributed by atoms with Gasteiger partial charge in [-0.25, -0.2) is 14.4 Å². The summed E-state index contributed by atoms with van der Waals surface area (Å²) in [5.74, 6) is -1.83. The second kappa shape index (κ2) is 11.2. The molecule has 3 heterocycles.